The molecule has 3 N–H and O–H groups in total. The highest BCUT2D eigenvalue weighted by molar-refractivity contribution is 7.13. The Bertz CT molecular complexity index is 891. The van der Waals surface area contributed by atoms with Gasteiger partial charge in [0.05, 0.1) is 15.2 Å². The fourth-order valence-corrected chi connectivity index (χ4v) is 2.63. The zero-order chi connectivity index (χ0) is 15.7. The number of non-ortho nitro benzene ring substituents is 1. The molecule has 0 atom stereocenters. The number of nitro groups is 1. The second-order valence-electron chi connectivity index (χ2n) is 4.56. The molecule has 0 spiro atoms. The number of carbonyl (C=O) groups is 1. The van der Waals surface area contributed by atoms with Crippen molar-refractivity contribution in [3.05, 3.63) is 58.3 Å². The Morgan fingerprint density at radius 2 is 2.09 bits per heavy atom. The molecule has 0 aliphatic carbocycles. The highest BCUT2D eigenvalue weighted by atomic mass is 32.1. The van der Waals surface area contributed by atoms with Gasteiger partial charge in [-0.05, 0) is 35.8 Å². The molecule has 0 radical (unpaired) electrons. The maximum Gasteiger partial charge on any atom is 0.270 e. The van der Waals surface area contributed by atoms with Gasteiger partial charge in [-0.3, -0.25) is 14.9 Å². The molecule has 8 heteroatoms. The summed E-state index contributed by atoms with van der Waals surface area (Å²) in [5, 5.41) is 14.4. The van der Waals surface area contributed by atoms with Gasteiger partial charge in [0.2, 0.25) is 0 Å². The molecule has 0 saturated heterocycles. The number of nitrogens with one attached hydrogen (secondary N) is 1. The van der Waals surface area contributed by atoms with Crippen LogP contribution in [-0.2, 0) is 0 Å². The number of nitrogens with zero attached hydrogens (tertiary/aromatic N) is 2. The number of nitrogen functional groups attached to an aromatic ring is 1. The van der Waals surface area contributed by atoms with Crippen LogP contribution in [0.3, 0.4) is 0 Å². The van der Waals surface area contributed by atoms with E-state index >= 15 is 0 Å². The summed E-state index contributed by atoms with van der Waals surface area (Å²) in [4.78, 5) is 22.5. The number of carbonyl (C=O) groups excluding carboxylic acids is 1. The molecule has 0 saturated carbocycles. The molecule has 0 aliphatic rings. The van der Waals surface area contributed by atoms with E-state index in [0.717, 1.165) is 16.2 Å². The lowest BCUT2D eigenvalue weighted by molar-refractivity contribution is -0.384. The van der Waals surface area contributed by atoms with Crippen molar-refractivity contribution in [2.24, 2.45) is 0 Å². The van der Waals surface area contributed by atoms with Crippen LogP contribution in [0.25, 0.3) is 10.1 Å². The third kappa shape index (κ3) is 2.59. The van der Waals surface area contributed by atoms with Crippen LogP contribution >= 0.6 is 11.5 Å². The third-order valence-corrected chi connectivity index (χ3v) is 3.88. The zero-order valence-electron chi connectivity index (χ0n) is 11.1. The summed E-state index contributed by atoms with van der Waals surface area (Å²) >= 11 is 1.36. The summed E-state index contributed by atoms with van der Waals surface area (Å²) in [7, 11) is 0. The molecule has 7 nitrogen and oxygen atoms in total. The highest BCUT2D eigenvalue weighted by Crippen LogP contribution is 2.24. The number of aromatic nitrogens is 1. The number of benzene rings is 2. The van der Waals surface area contributed by atoms with E-state index in [1.54, 1.807) is 18.3 Å². The lowest BCUT2D eigenvalue weighted by Crippen LogP contribution is -2.14. The summed E-state index contributed by atoms with van der Waals surface area (Å²) in [6, 6.07) is 9.14. The van der Waals surface area contributed by atoms with Crippen LogP contribution in [0.2, 0.25) is 0 Å². The first-order valence-corrected chi connectivity index (χ1v) is 7.01. The van der Waals surface area contributed by atoms with Crippen molar-refractivity contribution < 1.29 is 9.72 Å². The minimum Gasteiger partial charge on any atom is -0.398 e. The van der Waals surface area contributed by atoms with Gasteiger partial charge in [0.25, 0.3) is 11.6 Å². The molecule has 3 rings (SSSR count). The minimum atomic E-state index is -0.570. The fourth-order valence-electron chi connectivity index (χ4n) is 2.00. The molecule has 1 aromatic heterocycles. The van der Waals surface area contributed by atoms with Crippen molar-refractivity contribution in [2.45, 2.75) is 0 Å². The normalized spacial score (nSPS) is 10.5. The van der Waals surface area contributed by atoms with Crippen LogP contribution in [0, 0.1) is 10.1 Å². The molecule has 1 heterocycles. The van der Waals surface area contributed by atoms with E-state index in [1.807, 2.05) is 6.07 Å². The first-order chi connectivity index (χ1) is 10.5. The monoisotopic (exact) mass is 314 g/mol. The van der Waals surface area contributed by atoms with Gasteiger partial charge in [-0.15, -0.1) is 0 Å². The summed E-state index contributed by atoms with van der Waals surface area (Å²) < 4.78 is 5.07. The summed E-state index contributed by atoms with van der Waals surface area (Å²) in [6.07, 6.45) is 1.71. The van der Waals surface area contributed by atoms with Crippen molar-refractivity contribution in [1.82, 2.24) is 4.37 Å². The van der Waals surface area contributed by atoms with Crippen molar-refractivity contribution in [3.63, 3.8) is 0 Å². The molecule has 1 amide bonds. The van der Waals surface area contributed by atoms with E-state index in [9.17, 15) is 14.9 Å². The maximum absolute atomic E-state index is 12.3. The largest absolute Gasteiger partial charge is 0.398 e. The van der Waals surface area contributed by atoms with Gasteiger partial charge in [0.15, 0.2) is 0 Å². The number of nitrogens with two attached hydrogens (primary N) is 1. The van der Waals surface area contributed by atoms with Gasteiger partial charge in [-0.2, -0.15) is 4.37 Å². The van der Waals surface area contributed by atoms with Crippen LogP contribution in [0.1, 0.15) is 10.4 Å². The van der Waals surface area contributed by atoms with Gasteiger partial charge in [0, 0.05) is 35.1 Å². The van der Waals surface area contributed by atoms with Gasteiger partial charge >= 0.3 is 0 Å². The SMILES string of the molecule is Nc1ccc([N+](=O)[O-])cc1C(=O)Nc1ccc2sncc2c1. The average Bonchev–Trinajstić information content (AvgIpc) is 2.94. The van der Waals surface area contributed by atoms with Crippen molar-refractivity contribution in [3.8, 4) is 0 Å². The summed E-state index contributed by atoms with van der Waals surface area (Å²) in [5.41, 5.74) is 6.36. The first kappa shape index (κ1) is 14.0. The van der Waals surface area contributed by atoms with Gasteiger partial charge in [-0.25, -0.2) is 0 Å². The number of anilines is 2. The Kier molecular flexibility index (Phi) is 3.43. The summed E-state index contributed by atoms with van der Waals surface area (Å²) in [6.45, 7) is 0. The zero-order valence-corrected chi connectivity index (χ0v) is 12.0. The molecule has 110 valence electrons. The number of amides is 1. The first-order valence-electron chi connectivity index (χ1n) is 6.24. The molecule has 0 aliphatic heterocycles. The van der Waals surface area contributed by atoms with E-state index in [2.05, 4.69) is 9.69 Å². The molecular formula is C14H10N4O3S. The van der Waals surface area contributed by atoms with Crippen LogP contribution in [-0.4, -0.2) is 15.2 Å². The smallest absolute Gasteiger partial charge is 0.270 e. The molecule has 22 heavy (non-hydrogen) atoms. The average molecular weight is 314 g/mol. The Balaban J connectivity index is 1.90. The fraction of sp³-hybridized carbons (Fsp3) is 0. The topological polar surface area (TPSA) is 111 Å². The molecular weight excluding hydrogens is 304 g/mol. The number of hydrogen-bond acceptors (Lipinski definition) is 6. The predicted octanol–water partition coefficient (Wildman–Crippen LogP) is 3.04. The van der Waals surface area contributed by atoms with E-state index in [1.165, 1.54) is 23.7 Å². The van der Waals surface area contributed by atoms with Crippen LogP contribution in [0.15, 0.2) is 42.6 Å². The van der Waals surface area contributed by atoms with E-state index in [0.29, 0.717) is 5.69 Å². The Morgan fingerprint density at radius 1 is 1.27 bits per heavy atom. The van der Waals surface area contributed by atoms with E-state index in [4.69, 9.17) is 5.73 Å². The molecule has 2 aromatic carbocycles. The standard InChI is InChI=1S/C14H10N4O3S/c15-12-3-2-10(18(20)21)6-11(12)14(19)17-9-1-4-13-8(5-9)7-16-22-13/h1-7H,15H2,(H,17,19). The number of rotatable bonds is 3. The lowest BCUT2D eigenvalue weighted by Gasteiger charge is -2.07. The molecule has 0 unspecified atom stereocenters. The molecule has 0 bridgehead atoms. The van der Waals surface area contributed by atoms with Gasteiger partial charge in [-0.1, -0.05) is 0 Å². The van der Waals surface area contributed by atoms with Crippen molar-refractivity contribution in [1.29, 1.82) is 0 Å². The van der Waals surface area contributed by atoms with Crippen molar-refractivity contribution >= 4 is 44.6 Å². The number of fused-ring (bicyclic) bond motifs is 1. The van der Waals surface area contributed by atoms with Crippen LogP contribution < -0.4 is 11.1 Å². The Morgan fingerprint density at radius 3 is 2.86 bits per heavy atom. The molecule has 3 aromatic rings. The highest BCUT2D eigenvalue weighted by Gasteiger charge is 2.15. The lowest BCUT2D eigenvalue weighted by atomic mass is 10.1. The number of nitro benzene ring substituents is 1. The third-order valence-electron chi connectivity index (χ3n) is 3.10. The quantitative estimate of drug-likeness (QED) is 0.438. The molecule has 0 fully saturated rings. The Hall–Kier alpha value is -3.00. The van der Waals surface area contributed by atoms with Crippen LogP contribution in [0.4, 0.5) is 17.1 Å². The van der Waals surface area contributed by atoms with Crippen molar-refractivity contribution in [2.75, 3.05) is 11.1 Å². The maximum atomic E-state index is 12.3. The van der Waals surface area contributed by atoms with Gasteiger partial charge < -0.3 is 11.1 Å². The van der Waals surface area contributed by atoms with E-state index in [-0.39, 0.29) is 16.9 Å². The number of hydrogen-bond donors (Lipinski definition) is 2. The second kappa shape index (κ2) is 5.41. The van der Waals surface area contributed by atoms with E-state index < -0.39 is 10.8 Å². The predicted molar refractivity (Wildman–Crippen MR) is 85.1 cm³/mol. The minimum absolute atomic E-state index is 0.0674. The Labute approximate surface area is 128 Å². The second-order valence-corrected chi connectivity index (χ2v) is 5.39. The summed E-state index contributed by atoms with van der Waals surface area (Å²) in [5.74, 6) is -0.497. The van der Waals surface area contributed by atoms with Crippen LogP contribution in [0.5, 0.6) is 0 Å². The van der Waals surface area contributed by atoms with Gasteiger partial charge in [0.1, 0.15) is 0 Å².